The van der Waals surface area contributed by atoms with Crippen molar-refractivity contribution in [3.8, 4) is 0 Å². The van der Waals surface area contributed by atoms with Crippen LogP contribution >= 0.6 is 11.8 Å². The Morgan fingerprint density at radius 2 is 2.04 bits per heavy atom. The van der Waals surface area contributed by atoms with Crippen molar-refractivity contribution in [2.45, 2.75) is 55.8 Å². The molecule has 0 N–H and O–H groups in total. The number of aryl methyl sites for hydroxylation is 1. The highest BCUT2D eigenvalue weighted by molar-refractivity contribution is 8.00. The van der Waals surface area contributed by atoms with Gasteiger partial charge in [0.2, 0.25) is 5.91 Å². The zero-order valence-corrected chi connectivity index (χ0v) is 16.3. The molecule has 138 valence electrons. The van der Waals surface area contributed by atoms with Crippen LogP contribution in [0.1, 0.15) is 37.7 Å². The highest BCUT2D eigenvalue weighted by Crippen LogP contribution is 2.37. The third-order valence-corrected chi connectivity index (χ3v) is 6.33. The van der Waals surface area contributed by atoms with Crippen molar-refractivity contribution in [2.24, 2.45) is 0 Å². The largest absolute Gasteiger partial charge is 0.464 e. The number of amides is 1. The normalized spacial score (nSPS) is 19.8. The van der Waals surface area contributed by atoms with Crippen LogP contribution in [0.2, 0.25) is 0 Å². The van der Waals surface area contributed by atoms with Crippen molar-refractivity contribution in [3.05, 3.63) is 47.9 Å². The van der Waals surface area contributed by atoms with Gasteiger partial charge in [0.05, 0.1) is 18.8 Å². The molecule has 1 aromatic heterocycles. The molecule has 2 aromatic rings. The van der Waals surface area contributed by atoms with Gasteiger partial charge in [-0.05, 0) is 50.5 Å². The van der Waals surface area contributed by atoms with Crippen LogP contribution in [-0.2, 0) is 11.3 Å². The van der Waals surface area contributed by atoms with Gasteiger partial charge in [-0.2, -0.15) is 0 Å². The number of hydrogen-bond acceptors (Lipinski definition) is 4. The average molecular weight is 371 g/mol. The van der Waals surface area contributed by atoms with Crippen LogP contribution < -0.4 is 4.90 Å². The number of benzene rings is 1. The smallest absolute Gasteiger partial charge is 0.242 e. The van der Waals surface area contributed by atoms with Crippen LogP contribution in [0.25, 0.3) is 0 Å². The van der Waals surface area contributed by atoms with E-state index in [-0.39, 0.29) is 5.91 Å². The fraction of sp³-hybridized carbons (Fsp3) is 0.476. The van der Waals surface area contributed by atoms with Crippen molar-refractivity contribution < 1.29 is 9.21 Å². The van der Waals surface area contributed by atoms with Gasteiger partial charge in [0.15, 0.2) is 0 Å². The monoisotopic (exact) mass is 370 g/mol. The Morgan fingerprint density at radius 1 is 1.23 bits per heavy atom. The van der Waals surface area contributed by atoms with Crippen LogP contribution in [0.3, 0.4) is 0 Å². The molecule has 2 aliphatic rings. The molecule has 1 aromatic carbocycles. The van der Waals surface area contributed by atoms with E-state index in [4.69, 9.17) is 4.42 Å². The molecule has 1 atom stereocenters. The number of thioether (sulfide) groups is 1. The van der Waals surface area contributed by atoms with Crippen molar-refractivity contribution in [3.63, 3.8) is 0 Å². The second-order valence-corrected chi connectivity index (χ2v) is 8.85. The number of hydrogen-bond donors (Lipinski definition) is 0. The molecule has 1 fully saturated rings. The summed E-state index contributed by atoms with van der Waals surface area (Å²) in [6, 6.07) is 12.8. The lowest BCUT2D eigenvalue weighted by atomic mass is 10.2. The fourth-order valence-electron chi connectivity index (χ4n) is 3.52. The van der Waals surface area contributed by atoms with Crippen molar-refractivity contribution in [1.82, 2.24) is 4.90 Å². The molecule has 5 heteroatoms. The summed E-state index contributed by atoms with van der Waals surface area (Å²) >= 11 is 1.91. The number of fused-ring (bicyclic) bond motifs is 1. The van der Waals surface area contributed by atoms with Gasteiger partial charge in [-0.3, -0.25) is 4.79 Å². The van der Waals surface area contributed by atoms with E-state index in [9.17, 15) is 4.79 Å². The lowest BCUT2D eigenvalue weighted by Gasteiger charge is -2.28. The Bertz CT molecular complexity index is 784. The molecule has 1 aliphatic carbocycles. The van der Waals surface area contributed by atoms with Crippen molar-refractivity contribution >= 4 is 23.4 Å². The molecule has 4 nitrogen and oxygen atoms in total. The average Bonchev–Trinajstić information content (AvgIpc) is 3.40. The fourth-order valence-corrected chi connectivity index (χ4v) is 4.65. The topological polar surface area (TPSA) is 36.7 Å². The standard InChI is InChI=1S/C21H26N2O2S/c1-15-7-10-18(25-15)13-23(17-8-9-17)21(24)14-22-12-11-16(2)26-20-6-4-3-5-19(20)22/h3-7,10,16-17H,8-9,11-14H2,1-2H3. The number of nitrogens with zero attached hydrogens (tertiary/aromatic N) is 2. The van der Waals surface area contributed by atoms with Crippen molar-refractivity contribution in [2.75, 3.05) is 18.0 Å². The van der Waals surface area contributed by atoms with E-state index in [0.29, 0.717) is 24.4 Å². The van der Waals surface area contributed by atoms with Gasteiger partial charge in [-0.25, -0.2) is 0 Å². The zero-order valence-electron chi connectivity index (χ0n) is 15.5. The maximum Gasteiger partial charge on any atom is 0.242 e. The lowest BCUT2D eigenvalue weighted by molar-refractivity contribution is -0.131. The van der Waals surface area contributed by atoms with Gasteiger partial charge < -0.3 is 14.2 Å². The van der Waals surface area contributed by atoms with Crippen LogP contribution in [-0.4, -0.2) is 35.2 Å². The summed E-state index contributed by atoms with van der Waals surface area (Å²) in [6.45, 7) is 6.16. The first-order chi connectivity index (χ1) is 12.6. The molecule has 0 saturated heterocycles. The summed E-state index contributed by atoms with van der Waals surface area (Å²) in [7, 11) is 0. The number of rotatable bonds is 5. The summed E-state index contributed by atoms with van der Waals surface area (Å²) in [6.07, 6.45) is 3.30. The summed E-state index contributed by atoms with van der Waals surface area (Å²) in [5.41, 5.74) is 1.19. The van der Waals surface area contributed by atoms with Gasteiger partial charge in [0, 0.05) is 22.7 Å². The minimum Gasteiger partial charge on any atom is -0.464 e. The van der Waals surface area contributed by atoms with E-state index >= 15 is 0 Å². The first kappa shape index (κ1) is 17.5. The highest BCUT2D eigenvalue weighted by Gasteiger charge is 2.34. The molecule has 2 heterocycles. The predicted molar refractivity (Wildman–Crippen MR) is 106 cm³/mol. The zero-order chi connectivity index (χ0) is 18.1. The van der Waals surface area contributed by atoms with E-state index in [1.54, 1.807) is 0 Å². The molecule has 0 spiro atoms. The Kier molecular flexibility index (Phi) is 4.98. The Balaban J connectivity index is 1.50. The first-order valence-electron chi connectivity index (χ1n) is 9.45. The molecule has 1 saturated carbocycles. The number of anilines is 1. The minimum absolute atomic E-state index is 0.205. The van der Waals surface area contributed by atoms with E-state index in [0.717, 1.165) is 37.3 Å². The van der Waals surface area contributed by atoms with Crippen molar-refractivity contribution in [1.29, 1.82) is 0 Å². The van der Waals surface area contributed by atoms with Crippen LogP contribution in [0.5, 0.6) is 0 Å². The maximum atomic E-state index is 13.1. The second kappa shape index (κ2) is 7.39. The van der Waals surface area contributed by atoms with Gasteiger partial charge in [0.25, 0.3) is 0 Å². The maximum absolute atomic E-state index is 13.1. The number of para-hydroxylation sites is 1. The van der Waals surface area contributed by atoms with Crippen LogP contribution in [0.15, 0.2) is 45.7 Å². The number of carbonyl (C=O) groups excluding carboxylic acids is 1. The minimum atomic E-state index is 0.205. The third-order valence-electron chi connectivity index (χ3n) is 5.10. The predicted octanol–water partition coefficient (Wildman–Crippen LogP) is 4.47. The lowest BCUT2D eigenvalue weighted by Crippen LogP contribution is -2.41. The number of carbonyl (C=O) groups is 1. The Hall–Kier alpha value is -1.88. The number of furan rings is 1. The van der Waals surface area contributed by atoms with Gasteiger partial charge in [-0.15, -0.1) is 11.8 Å². The van der Waals surface area contributed by atoms with Gasteiger partial charge in [-0.1, -0.05) is 19.1 Å². The summed E-state index contributed by atoms with van der Waals surface area (Å²) in [5, 5.41) is 0.571. The molecule has 0 radical (unpaired) electrons. The quantitative estimate of drug-likeness (QED) is 0.778. The van der Waals surface area contributed by atoms with E-state index in [1.165, 1.54) is 10.6 Å². The molecule has 4 rings (SSSR count). The molecule has 1 unspecified atom stereocenters. The highest BCUT2D eigenvalue weighted by atomic mass is 32.2. The van der Waals surface area contributed by atoms with E-state index in [1.807, 2.05) is 35.7 Å². The van der Waals surface area contributed by atoms with Gasteiger partial charge >= 0.3 is 0 Å². The molecular weight excluding hydrogens is 344 g/mol. The molecular formula is C21H26N2O2S. The molecule has 1 amide bonds. The first-order valence-corrected chi connectivity index (χ1v) is 10.3. The van der Waals surface area contributed by atoms with Crippen LogP contribution in [0, 0.1) is 6.92 Å². The van der Waals surface area contributed by atoms with Crippen LogP contribution in [0.4, 0.5) is 5.69 Å². The summed E-state index contributed by atoms with van der Waals surface area (Å²) in [4.78, 5) is 18.7. The molecule has 26 heavy (non-hydrogen) atoms. The third kappa shape index (κ3) is 3.93. The summed E-state index contributed by atoms with van der Waals surface area (Å²) in [5.74, 6) is 1.98. The Labute approximate surface area is 159 Å². The van der Waals surface area contributed by atoms with E-state index in [2.05, 4.69) is 36.1 Å². The Morgan fingerprint density at radius 3 is 2.77 bits per heavy atom. The van der Waals surface area contributed by atoms with Gasteiger partial charge in [0.1, 0.15) is 11.5 Å². The second-order valence-electron chi connectivity index (χ2n) is 7.37. The molecule has 0 bridgehead atoms. The van der Waals surface area contributed by atoms with E-state index < -0.39 is 0 Å². The molecule has 1 aliphatic heterocycles. The summed E-state index contributed by atoms with van der Waals surface area (Å²) < 4.78 is 5.71. The SMILES string of the molecule is Cc1ccc(CN(C(=O)CN2CCC(C)Sc3ccccc32)C2CC2)o1.